The Kier molecular flexibility index (Phi) is 2.90. The van der Waals surface area contributed by atoms with Crippen LogP contribution in [0.3, 0.4) is 0 Å². The standard InChI is InChI=1S/C14H18FNO2/c1-14(3-2-4-16-14)11-7-10(9-15)8-12-13(11)18-6-5-17-12/h7-8,16H,2-6,9H2,1H3. The van der Waals surface area contributed by atoms with Crippen molar-refractivity contribution in [1.82, 2.24) is 5.32 Å². The van der Waals surface area contributed by atoms with Gasteiger partial charge < -0.3 is 14.8 Å². The molecule has 0 aromatic heterocycles. The Morgan fingerprint density at radius 1 is 1.33 bits per heavy atom. The molecule has 1 fully saturated rings. The maximum Gasteiger partial charge on any atom is 0.166 e. The van der Waals surface area contributed by atoms with E-state index >= 15 is 0 Å². The van der Waals surface area contributed by atoms with Crippen LogP contribution < -0.4 is 14.8 Å². The molecule has 4 heteroatoms. The third-order valence-corrected chi connectivity index (χ3v) is 3.82. The van der Waals surface area contributed by atoms with Crippen molar-refractivity contribution in [3.05, 3.63) is 23.3 Å². The van der Waals surface area contributed by atoms with Crippen molar-refractivity contribution in [1.29, 1.82) is 0 Å². The molecule has 2 aliphatic rings. The molecule has 1 saturated heterocycles. The number of nitrogens with one attached hydrogen (secondary N) is 1. The van der Waals surface area contributed by atoms with Gasteiger partial charge >= 0.3 is 0 Å². The maximum absolute atomic E-state index is 13.0. The van der Waals surface area contributed by atoms with Gasteiger partial charge in [0.15, 0.2) is 11.5 Å². The van der Waals surface area contributed by atoms with E-state index in [0.29, 0.717) is 24.5 Å². The monoisotopic (exact) mass is 251 g/mol. The Morgan fingerprint density at radius 3 is 2.89 bits per heavy atom. The normalized spacial score (nSPS) is 26.3. The number of hydrogen-bond acceptors (Lipinski definition) is 3. The SMILES string of the molecule is CC1(c2cc(CF)cc3c2OCCO3)CCCN1. The highest BCUT2D eigenvalue weighted by atomic mass is 19.1. The zero-order valence-electron chi connectivity index (χ0n) is 10.6. The molecule has 1 aromatic rings. The summed E-state index contributed by atoms with van der Waals surface area (Å²) in [6.45, 7) is 3.76. The molecular formula is C14H18FNO2. The molecule has 2 heterocycles. The average Bonchev–Trinajstić information content (AvgIpc) is 2.85. The first-order valence-electron chi connectivity index (χ1n) is 6.47. The van der Waals surface area contributed by atoms with Crippen LogP contribution in [0, 0.1) is 0 Å². The maximum atomic E-state index is 13.0. The van der Waals surface area contributed by atoms with E-state index in [4.69, 9.17) is 9.47 Å². The predicted octanol–water partition coefficient (Wildman–Crippen LogP) is 2.53. The van der Waals surface area contributed by atoms with Crippen LogP contribution in [0.15, 0.2) is 12.1 Å². The van der Waals surface area contributed by atoms with Crippen molar-refractivity contribution in [3.8, 4) is 11.5 Å². The molecule has 1 N–H and O–H groups in total. The second kappa shape index (κ2) is 4.43. The molecule has 3 nitrogen and oxygen atoms in total. The lowest BCUT2D eigenvalue weighted by atomic mass is 9.88. The zero-order chi connectivity index (χ0) is 12.6. The number of rotatable bonds is 2. The highest BCUT2D eigenvalue weighted by Gasteiger charge is 2.35. The van der Waals surface area contributed by atoms with Crippen LogP contribution in [0.2, 0.25) is 0 Å². The van der Waals surface area contributed by atoms with E-state index in [1.165, 1.54) is 0 Å². The van der Waals surface area contributed by atoms with Gasteiger partial charge in [0.2, 0.25) is 0 Å². The van der Waals surface area contributed by atoms with Gasteiger partial charge in [-0.2, -0.15) is 0 Å². The van der Waals surface area contributed by atoms with Gasteiger partial charge in [0.05, 0.1) is 0 Å². The van der Waals surface area contributed by atoms with Crippen LogP contribution in [0.4, 0.5) is 4.39 Å². The molecule has 0 amide bonds. The highest BCUT2D eigenvalue weighted by Crippen LogP contribution is 2.43. The van der Waals surface area contributed by atoms with E-state index in [9.17, 15) is 4.39 Å². The molecule has 98 valence electrons. The number of benzene rings is 1. The lowest BCUT2D eigenvalue weighted by Gasteiger charge is -2.31. The quantitative estimate of drug-likeness (QED) is 0.876. The van der Waals surface area contributed by atoms with Crippen molar-refractivity contribution in [2.24, 2.45) is 0 Å². The zero-order valence-corrected chi connectivity index (χ0v) is 10.6. The minimum absolute atomic E-state index is 0.129. The first kappa shape index (κ1) is 11.8. The van der Waals surface area contributed by atoms with Crippen molar-refractivity contribution in [2.45, 2.75) is 32.0 Å². The van der Waals surface area contributed by atoms with E-state index in [2.05, 4.69) is 12.2 Å². The summed E-state index contributed by atoms with van der Waals surface area (Å²) in [6, 6.07) is 3.65. The molecule has 0 radical (unpaired) electrons. The van der Waals surface area contributed by atoms with Gasteiger partial charge in [0, 0.05) is 11.1 Å². The van der Waals surface area contributed by atoms with E-state index in [1.807, 2.05) is 6.07 Å². The van der Waals surface area contributed by atoms with Crippen LogP contribution in [-0.4, -0.2) is 19.8 Å². The summed E-state index contributed by atoms with van der Waals surface area (Å²) in [5.41, 5.74) is 1.56. The fourth-order valence-electron chi connectivity index (χ4n) is 2.82. The molecular weight excluding hydrogens is 233 g/mol. The third kappa shape index (κ3) is 1.85. The van der Waals surface area contributed by atoms with Crippen LogP contribution in [0.5, 0.6) is 11.5 Å². The minimum atomic E-state index is -0.473. The van der Waals surface area contributed by atoms with Crippen molar-refractivity contribution >= 4 is 0 Å². The minimum Gasteiger partial charge on any atom is -0.486 e. The molecule has 0 bridgehead atoms. The Morgan fingerprint density at radius 2 is 2.17 bits per heavy atom. The van der Waals surface area contributed by atoms with Gasteiger partial charge in [-0.3, -0.25) is 0 Å². The van der Waals surface area contributed by atoms with Gasteiger partial charge in [-0.15, -0.1) is 0 Å². The lowest BCUT2D eigenvalue weighted by molar-refractivity contribution is 0.166. The van der Waals surface area contributed by atoms with E-state index < -0.39 is 6.67 Å². The number of fused-ring (bicyclic) bond motifs is 1. The molecule has 1 unspecified atom stereocenters. The fraction of sp³-hybridized carbons (Fsp3) is 0.571. The lowest BCUT2D eigenvalue weighted by Crippen LogP contribution is -2.34. The van der Waals surface area contributed by atoms with E-state index in [0.717, 1.165) is 30.7 Å². The molecule has 0 aliphatic carbocycles. The molecule has 0 saturated carbocycles. The molecule has 1 aromatic carbocycles. The van der Waals surface area contributed by atoms with Crippen molar-refractivity contribution in [2.75, 3.05) is 19.8 Å². The summed E-state index contributed by atoms with van der Waals surface area (Å²) in [5.74, 6) is 1.47. The second-order valence-electron chi connectivity index (χ2n) is 5.16. The highest BCUT2D eigenvalue weighted by molar-refractivity contribution is 5.53. The number of hydrogen-bond donors (Lipinski definition) is 1. The van der Waals surface area contributed by atoms with Crippen LogP contribution in [0.1, 0.15) is 30.9 Å². The first-order valence-corrected chi connectivity index (χ1v) is 6.47. The second-order valence-corrected chi connectivity index (χ2v) is 5.16. The Hall–Kier alpha value is -1.29. The Bertz CT molecular complexity index is 455. The van der Waals surface area contributed by atoms with Crippen molar-refractivity contribution < 1.29 is 13.9 Å². The summed E-state index contributed by atoms with van der Waals surface area (Å²) in [4.78, 5) is 0. The van der Waals surface area contributed by atoms with Crippen LogP contribution >= 0.6 is 0 Å². The largest absolute Gasteiger partial charge is 0.486 e. The fourth-order valence-corrected chi connectivity index (χ4v) is 2.82. The van der Waals surface area contributed by atoms with Crippen molar-refractivity contribution in [3.63, 3.8) is 0 Å². The van der Waals surface area contributed by atoms with Gasteiger partial charge in [0.25, 0.3) is 0 Å². The molecule has 0 spiro atoms. The van der Waals surface area contributed by atoms with Crippen LogP contribution in [0.25, 0.3) is 0 Å². The number of ether oxygens (including phenoxy) is 2. The first-order chi connectivity index (χ1) is 8.73. The summed E-state index contributed by atoms with van der Waals surface area (Å²) < 4.78 is 24.3. The van der Waals surface area contributed by atoms with Crippen LogP contribution in [-0.2, 0) is 12.2 Å². The summed E-state index contributed by atoms with van der Waals surface area (Å²) in [6.07, 6.45) is 2.17. The predicted molar refractivity (Wildman–Crippen MR) is 66.8 cm³/mol. The average molecular weight is 251 g/mol. The molecule has 18 heavy (non-hydrogen) atoms. The smallest absolute Gasteiger partial charge is 0.166 e. The third-order valence-electron chi connectivity index (χ3n) is 3.82. The van der Waals surface area contributed by atoms with E-state index in [-0.39, 0.29) is 5.54 Å². The Balaban J connectivity index is 2.11. The van der Waals surface area contributed by atoms with Gasteiger partial charge in [-0.1, -0.05) is 0 Å². The molecule has 1 atom stereocenters. The van der Waals surface area contributed by atoms with Gasteiger partial charge in [0.1, 0.15) is 19.9 Å². The molecule has 2 aliphatic heterocycles. The molecule has 3 rings (SSSR count). The number of alkyl halides is 1. The summed E-state index contributed by atoms with van der Waals surface area (Å²) in [7, 11) is 0. The summed E-state index contributed by atoms with van der Waals surface area (Å²) in [5, 5.41) is 3.49. The van der Waals surface area contributed by atoms with E-state index in [1.54, 1.807) is 6.07 Å². The summed E-state index contributed by atoms with van der Waals surface area (Å²) >= 11 is 0. The topological polar surface area (TPSA) is 30.5 Å². The van der Waals surface area contributed by atoms with Gasteiger partial charge in [-0.05, 0) is 44.0 Å². The number of halogens is 1. The Labute approximate surface area is 106 Å². The van der Waals surface area contributed by atoms with Gasteiger partial charge in [-0.25, -0.2) is 4.39 Å².